The molecule has 2 aliphatic rings. The van der Waals surface area contributed by atoms with Gasteiger partial charge in [-0.1, -0.05) is 59.6 Å². The SMILES string of the molecule is CN1CCN(S(=O)(=O)N(Cc2ccc(-c3nnc(C(F)F)o3)cc2)c2ccc(F)c(Cl)c2)CC1.CN1CCN(S(=O)(=O)N(Cc2ccc(C(=O)CN)cc2)c2ccc(F)c(Cl)c2)CC1. The largest absolute Gasteiger partial charge is 0.415 e. The van der Waals surface area contributed by atoms with Crippen LogP contribution in [-0.4, -0.2) is 124 Å². The molecule has 7 rings (SSSR count). The monoisotopic (exact) mass is 969 g/mol. The second kappa shape index (κ2) is 21.1. The van der Waals surface area contributed by atoms with Crippen molar-refractivity contribution >= 4 is 60.8 Å². The van der Waals surface area contributed by atoms with Crippen LogP contribution >= 0.6 is 23.2 Å². The lowest BCUT2D eigenvalue weighted by atomic mass is 10.1. The Hall–Kier alpha value is -4.71. The molecule has 2 N–H and O–H groups in total. The fourth-order valence-electron chi connectivity index (χ4n) is 6.65. The zero-order chi connectivity index (χ0) is 46.3. The van der Waals surface area contributed by atoms with Crippen LogP contribution in [0.5, 0.6) is 0 Å². The molecule has 23 heteroatoms. The summed E-state index contributed by atoms with van der Waals surface area (Å²) >= 11 is 11.9. The Morgan fingerprint density at radius 2 is 1.11 bits per heavy atom. The van der Waals surface area contributed by atoms with Gasteiger partial charge in [-0.25, -0.2) is 8.78 Å². The van der Waals surface area contributed by atoms with Crippen molar-refractivity contribution in [2.24, 2.45) is 5.73 Å². The lowest BCUT2D eigenvalue weighted by molar-refractivity contribution is 0.100. The van der Waals surface area contributed by atoms with Gasteiger partial charge in [0, 0.05) is 63.5 Å². The maximum atomic E-state index is 13.8. The van der Waals surface area contributed by atoms with E-state index >= 15 is 0 Å². The average Bonchev–Trinajstić information content (AvgIpc) is 3.79. The van der Waals surface area contributed by atoms with E-state index in [1.165, 1.54) is 41.5 Å². The normalized spacial score (nSPS) is 15.8. The number of rotatable bonds is 14. The first-order valence-corrected chi connectivity index (χ1v) is 23.3. The lowest BCUT2D eigenvalue weighted by Gasteiger charge is -2.36. The molecule has 2 fully saturated rings. The molecular weight excluding hydrogens is 926 g/mol. The Bertz CT molecular complexity index is 2620. The first-order chi connectivity index (χ1) is 30.4. The van der Waals surface area contributed by atoms with E-state index in [4.69, 9.17) is 33.4 Å². The van der Waals surface area contributed by atoms with Gasteiger partial charge in [0.25, 0.3) is 5.89 Å². The maximum Gasteiger partial charge on any atom is 0.314 e. The van der Waals surface area contributed by atoms with Crippen molar-refractivity contribution in [1.82, 2.24) is 28.6 Å². The number of likely N-dealkylation sites (N-methyl/N-ethyl adjacent to an activating group) is 2. The number of nitrogens with two attached hydrogens (primary N) is 1. The van der Waals surface area contributed by atoms with Crippen LogP contribution < -0.4 is 14.3 Å². The van der Waals surface area contributed by atoms with Crippen molar-refractivity contribution in [3.05, 3.63) is 129 Å². The third-order valence-corrected chi connectivity index (χ3v) is 14.9. The Balaban J connectivity index is 0.000000214. The Morgan fingerprint density at radius 1 is 0.688 bits per heavy atom. The molecule has 0 amide bonds. The number of Topliss-reactive ketones (excluding diaryl/α,β-unsaturated/α-hetero) is 1. The highest BCUT2D eigenvalue weighted by atomic mass is 35.5. The summed E-state index contributed by atoms with van der Waals surface area (Å²) in [6, 6.07) is 20.5. The van der Waals surface area contributed by atoms with E-state index in [1.54, 1.807) is 48.5 Å². The molecule has 0 atom stereocenters. The number of aromatic nitrogens is 2. The third kappa shape index (κ3) is 11.8. The summed E-state index contributed by atoms with van der Waals surface area (Å²) < 4.78 is 117. The van der Waals surface area contributed by atoms with E-state index in [0.29, 0.717) is 74.6 Å². The van der Waals surface area contributed by atoms with Crippen LogP contribution in [0.3, 0.4) is 0 Å². The van der Waals surface area contributed by atoms with Gasteiger partial charge in [0.05, 0.1) is 41.1 Å². The number of piperazine rings is 2. The number of nitrogens with zero attached hydrogens (tertiary/aromatic N) is 8. The standard InChI is InChI=1S/C21H21ClF3N5O3S.C20H24ClFN4O3S/c1-28-8-10-29(11-9-28)34(31,32)30(16-6-7-18(23)17(22)12-16)13-14-2-4-15(5-3-14)20-26-27-21(33-20)19(24)25;1-24-8-10-25(11-9-24)30(28,29)26(17-6-7-19(22)18(21)12-17)14-15-2-4-16(5-3-15)20(27)13-23/h2-7,12,19H,8-11,13H2,1H3;2-7,12H,8-11,13-14,23H2,1H3. The zero-order valence-electron chi connectivity index (χ0n) is 34.6. The summed E-state index contributed by atoms with van der Waals surface area (Å²) in [6.07, 6.45) is -2.88. The molecule has 4 aromatic carbocycles. The van der Waals surface area contributed by atoms with Crippen molar-refractivity contribution in [2.75, 3.05) is 81.6 Å². The summed E-state index contributed by atoms with van der Waals surface area (Å²) in [5, 5.41) is 6.55. The fourth-order valence-corrected chi connectivity index (χ4v) is 10.2. The molecule has 0 radical (unpaired) electrons. The van der Waals surface area contributed by atoms with Crippen LogP contribution in [0.25, 0.3) is 11.5 Å². The van der Waals surface area contributed by atoms with Crippen molar-refractivity contribution < 1.29 is 43.6 Å². The summed E-state index contributed by atoms with van der Waals surface area (Å²) in [4.78, 5) is 15.8. The Kier molecular flexibility index (Phi) is 16.0. The number of hydrogen-bond donors (Lipinski definition) is 1. The van der Waals surface area contributed by atoms with Gasteiger partial charge in [-0.05, 0) is 73.8 Å². The number of hydrogen-bond acceptors (Lipinski definition) is 11. The Labute approximate surface area is 378 Å². The van der Waals surface area contributed by atoms with E-state index in [0.717, 1.165) is 12.1 Å². The highest BCUT2D eigenvalue weighted by Crippen LogP contribution is 2.31. The molecule has 0 aliphatic carbocycles. The van der Waals surface area contributed by atoms with Gasteiger partial charge in [-0.3, -0.25) is 13.4 Å². The number of alkyl halides is 2. The van der Waals surface area contributed by atoms with Gasteiger partial charge < -0.3 is 20.0 Å². The number of benzene rings is 4. The average molecular weight is 971 g/mol. The van der Waals surface area contributed by atoms with Gasteiger partial charge in [0.2, 0.25) is 5.89 Å². The van der Waals surface area contributed by atoms with E-state index in [1.807, 2.05) is 19.0 Å². The minimum absolute atomic E-state index is 0.00767. The van der Waals surface area contributed by atoms with Gasteiger partial charge >= 0.3 is 26.8 Å². The second-order valence-electron chi connectivity index (χ2n) is 14.9. The minimum Gasteiger partial charge on any atom is -0.415 e. The van der Waals surface area contributed by atoms with Crippen LogP contribution in [0.1, 0.15) is 33.8 Å². The van der Waals surface area contributed by atoms with E-state index in [-0.39, 0.29) is 52.7 Å². The highest BCUT2D eigenvalue weighted by molar-refractivity contribution is 7.90. The highest BCUT2D eigenvalue weighted by Gasteiger charge is 2.34. The summed E-state index contributed by atoms with van der Waals surface area (Å²) in [5.74, 6) is -2.34. The van der Waals surface area contributed by atoms with Crippen LogP contribution in [0, 0.1) is 11.6 Å². The van der Waals surface area contributed by atoms with Gasteiger partial charge in [-0.15, -0.1) is 10.2 Å². The predicted octanol–water partition coefficient (Wildman–Crippen LogP) is 6.08. The molecule has 2 aliphatic heterocycles. The molecule has 2 saturated heterocycles. The van der Waals surface area contributed by atoms with Crippen molar-refractivity contribution in [3.63, 3.8) is 0 Å². The van der Waals surface area contributed by atoms with Crippen LogP contribution in [0.4, 0.5) is 28.9 Å². The number of anilines is 2. The molecule has 5 aromatic rings. The molecular formula is C41H45Cl2F4N9O6S2. The number of carbonyl (C=O) groups excluding carboxylic acids is 1. The molecule has 64 heavy (non-hydrogen) atoms. The first-order valence-electron chi connectivity index (χ1n) is 19.7. The first kappa shape index (κ1) is 48.7. The third-order valence-electron chi connectivity index (χ3n) is 10.5. The van der Waals surface area contributed by atoms with Crippen LogP contribution in [0.15, 0.2) is 89.3 Å². The molecule has 1 aromatic heterocycles. The number of halogens is 6. The Morgan fingerprint density at radius 3 is 1.48 bits per heavy atom. The topological polar surface area (TPSA) is 170 Å². The van der Waals surface area contributed by atoms with Crippen LogP contribution in [-0.2, 0) is 33.5 Å². The van der Waals surface area contributed by atoms with Gasteiger partial charge in [0.15, 0.2) is 5.78 Å². The quantitative estimate of drug-likeness (QED) is 0.101. The second-order valence-corrected chi connectivity index (χ2v) is 19.4. The molecule has 15 nitrogen and oxygen atoms in total. The molecule has 0 unspecified atom stereocenters. The van der Waals surface area contributed by atoms with Gasteiger partial charge in [-0.2, -0.15) is 34.2 Å². The van der Waals surface area contributed by atoms with Crippen molar-refractivity contribution in [1.29, 1.82) is 0 Å². The predicted molar refractivity (Wildman–Crippen MR) is 236 cm³/mol. The minimum atomic E-state index is -3.96. The number of ketones is 1. The van der Waals surface area contributed by atoms with E-state index in [2.05, 4.69) is 15.1 Å². The molecule has 344 valence electrons. The van der Waals surface area contributed by atoms with E-state index < -0.39 is 44.4 Å². The van der Waals surface area contributed by atoms with Crippen molar-refractivity contribution in [2.45, 2.75) is 19.5 Å². The summed E-state index contributed by atoms with van der Waals surface area (Å²) in [5.41, 5.74) is 7.99. The fraction of sp³-hybridized carbons (Fsp3) is 0.341. The molecule has 0 bridgehead atoms. The van der Waals surface area contributed by atoms with Crippen molar-refractivity contribution in [3.8, 4) is 11.5 Å². The van der Waals surface area contributed by atoms with E-state index in [9.17, 15) is 39.2 Å². The van der Waals surface area contributed by atoms with Crippen LogP contribution in [0.2, 0.25) is 10.0 Å². The molecule has 0 saturated carbocycles. The number of carbonyl (C=O) groups is 1. The molecule has 0 spiro atoms. The summed E-state index contributed by atoms with van der Waals surface area (Å²) in [7, 11) is -4.00. The maximum absolute atomic E-state index is 13.8. The lowest BCUT2D eigenvalue weighted by Crippen LogP contribution is -2.52. The zero-order valence-corrected chi connectivity index (χ0v) is 37.8. The molecule has 3 heterocycles. The van der Waals surface area contributed by atoms with Gasteiger partial charge in [0.1, 0.15) is 11.6 Å². The smallest absolute Gasteiger partial charge is 0.314 e. The summed E-state index contributed by atoms with van der Waals surface area (Å²) in [6.45, 7) is 3.57.